The number of hydrogen-bond acceptors (Lipinski definition) is 5. The Balaban J connectivity index is 1.29. The van der Waals surface area contributed by atoms with E-state index in [2.05, 4.69) is 47.1 Å². The molecular weight excluding hydrogens is 484 g/mol. The van der Waals surface area contributed by atoms with Crippen LogP contribution in [0.2, 0.25) is 0 Å². The van der Waals surface area contributed by atoms with Crippen molar-refractivity contribution in [1.29, 1.82) is 0 Å². The van der Waals surface area contributed by atoms with Gasteiger partial charge in [-0.25, -0.2) is 0 Å². The molecule has 0 atom stereocenters. The lowest BCUT2D eigenvalue weighted by Gasteiger charge is -2.27. The molecule has 1 saturated heterocycles. The van der Waals surface area contributed by atoms with Crippen molar-refractivity contribution in [2.24, 2.45) is 0 Å². The summed E-state index contributed by atoms with van der Waals surface area (Å²) in [6.45, 7) is 7.84. The standard InChI is InChI=1S/C34H42N2O3/c1-2-36(25-26-10-15-32(16-11-26)39-21-20-35-18-5-3-4-6-19-35)34-24-31(38)14-17-33(34)29-9-7-8-27-23-30(37)13-12-28(27)22-29/h10-17,22-24,37-38H,2-9,18-21,25H2,1H3. The first-order chi connectivity index (χ1) is 19.1. The molecule has 0 bridgehead atoms. The van der Waals surface area contributed by atoms with Gasteiger partial charge in [0.2, 0.25) is 0 Å². The van der Waals surface area contributed by atoms with Gasteiger partial charge in [0.05, 0.1) is 0 Å². The summed E-state index contributed by atoms with van der Waals surface area (Å²) in [5.41, 5.74) is 7.02. The van der Waals surface area contributed by atoms with Crippen LogP contribution in [0, 0.1) is 0 Å². The summed E-state index contributed by atoms with van der Waals surface area (Å²) in [7, 11) is 0. The van der Waals surface area contributed by atoms with Crippen LogP contribution in [0.15, 0.2) is 60.7 Å². The van der Waals surface area contributed by atoms with Gasteiger partial charge in [-0.3, -0.25) is 4.90 Å². The first-order valence-electron chi connectivity index (χ1n) is 14.6. The van der Waals surface area contributed by atoms with Crippen molar-refractivity contribution in [2.75, 3.05) is 37.7 Å². The maximum Gasteiger partial charge on any atom is 0.119 e. The molecule has 0 saturated carbocycles. The lowest BCUT2D eigenvalue weighted by molar-refractivity contribution is 0.214. The topological polar surface area (TPSA) is 56.2 Å². The van der Waals surface area contributed by atoms with Gasteiger partial charge in [0, 0.05) is 37.0 Å². The maximum atomic E-state index is 10.4. The van der Waals surface area contributed by atoms with Gasteiger partial charge < -0.3 is 19.8 Å². The van der Waals surface area contributed by atoms with E-state index in [-0.39, 0.29) is 5.75 Å². The average Bonchev–Trinajstić information content (AvgIpc) is 3.33. The van der Waals surface area contributed by atoms with Crippen molar-refractivity contribution >= 4 is 17.3 Å². The number of nitrogens with zero attached hydrogens (tertiary/aromatic N) is 2. The summed E-state index contributed by atoms with van der Waals surface area (Å²) in [5, 5.41) is 20.4. The quantitative estimate of drug-likeness (QED) is 0.307. The fraction of sp³-hybridized carbons (Fsp3) is 0.412. The van der Waals surface area contributed by atoms with E-state index in [1.807, 2.05) is 24.3 Å². The van der Waals surface area contributed by atoms with E-state index in [0.29, 0.717) is 5.75 Å². The molecule has 3 aromatic rings. The highest BCUT2D eigenvalue weighted by Gasteiger charge is 2.18. The molecule has 1 fully saturated rings. The maximum absolute atomic E-state index is 10.4. The molecule has 5 nitrogen and oxygen atoms in total. The third-order valence-electron chi connectivity index (χ3n) is 8.07. The molecule has 5 rings (SSSR count). The molecule has 2 aliphatic rings. The number of rotatable bonds is 9. The van der Waals surface area contributed by atoms with Gasteiger partial charge >= 0.3 is 0 Å². The molecule has 0 aromatic heterocycles. The summed E-state index contributed by atoms with van der Waals surface area (Å²) in [4.78, 5) is 4.85. The SMILES string of the molecule is CCN(Cc1ccc(OCCN2CCCCCC2)cc1)c1cc(O)ccc1C1=Cc2ccc(O)cc2CCC1. The largest absolute Gasteiger partial charge is 0.508 e. The smallest absolute Gasteiger partial charge is 0.119 e. The van der Waals surface area contributed by atoms with Gasteiger partial charge in [-0.2, -0.15) is 0 Å². The third-order valence-corrected chi connectivity index (χ3v) is 8.07. The van der Waals surface area contributed by atoms with Crippen LogP contribution in [-0.4, -0.2) is 47.9 Å². The van der Waals surface area contributed by atoms with Crippen LogP contribution in [0.5, 0.6) is 17.2 Å². The van der Waals surface area contributed by atoms with Crippen molar-refractivity contribution in [3.05, 3.63) is 82.9 Å². The van der Waals surface area contributed by atoms with Gasteiger partial charge in [0.1, 0.15) is 23.9 Å². The Morgan fingerprint density at radius 2 is 1.56 bits per heavy atom. The van der Waals surface area contributed by atoms with E-state index in [1.165, 1.54) is 55.5 Å². The molecule has 0 radical (unpaired) electrons. The minimum atomic E-state index is 0.278. The summed E-state index contributed by atoms with van der Waals surface area (Å²) in [5.74, 6) is 1.52. The molecule has 0 amide bonds. The van der Waals surface area contributed by atoms with E-state index in [4.69, 9.17) is 4.74 Å². The van der Waals surface area contributed by atoms with E-state index in [0.717, 1.165) is 68.1 Å². The van der Waals surface area contributed by atoms with Gasteiger partial charge in [-0.05, 0) is 111 Å². The van der Waals surface area contributed by atoms with E-state index in [1.54, 1.807) is 12.1 Å². The van der Waals surface area contributed by atoms with E-state index in [9.17, 15) is 10.2 Å². The Hall–Kier alpha value is -3.44. The van der Waals surface area contributed by atoms with Crippen molar-refractivity contribution in [3.8, 4) is 17.2 Å². The number of likely N-dealkylation sites (tertiary alicyclic amines) is 1. The lowest BCUT2D eigenvalue weighted by atomic mass is 9.97. The van der Waals surface area contributed by atoms with Crippen LogP contribution >= 0.6 is 0 Å². The Morgan fingerprint density at radius 3 is 2.33 bits per heavy atom. The lowest BCUT2D eigenvalue weighted by Crippen LogP contribution is -2.29. The number of phenolic OH excluding ortho intramolecular Hbond substituents is 2. The second kappa shape index (κ2) is 13.1. The Morgan fingerprint density at radius 1 is 0.821 bits per heavy atom. The fourth-order valence-electron chi connectivity index (χ4n) is 5.88. The fourth-order valence-corrected chi connectivity index (χ4v) is 5.88. The first-order valence-corrected chi connectivity index (χ1v) is 14.6. The Kier molecular flexibility index (Phi) is 9.10. The van der Waals surface area contributed by atoms with Crippen LogP contribution < -0.4 is 9.64 Å². The summed E-state index contributed by atoms with van der Waals surface area (Å²) in [6, 6.07) is 19.8. The Labute approximate surface area is 233 Å². The highest BCUT2D eigenvalue weighted by molar-refractivity contribution is 5.88. The second-order valence-electron chi connectivity index (χ2n) is 10.9. The van der Waals surface area contributed by atoms with Crippen LogP contribution in [-0.2, 0) is 13.0 Å². The molecule has 0 unspecified atom stereocenters. The zero-order chi connectivity index (χ0) is 27.0. The van der Waals surface area contributed by atoms with Crippen molar-refractivity contribution in [2.45, 2.75) is 58.4 Å². The number of hydrogen-bond donors (Lipinski definition) is 2. The summed E-state index contributed by atoms with van der Waals surface area (Å²) in [6.07, 6.45) is 10.5. The van der Waals surface area contributed by atoms with Crippen molar-refractivity contribution < 1.29 is 14.9 Å². The predicted octanol–water partition coefficient (Wildman–Crippen LogP) is 7.26. The van der Waals surface area contributed by atoms with E-state index >= 15 is 0 Å². The monoisotopic (exact) mass is 526 g/mol. The number of allylic oxidation sites excluding steroid dienone is 1. The molecular formula is C34H42N2O3. The van der Waals surface area contributed by atoms with E-state index < -0.39 is 0 Å². The predicted molar refractivity (Wildman–Crippen MR) is 161 cm³/mol. The average molecular weight is 527 g/mol. The number of fused-ring (bicyclic) bond motifs is 1. The van der Waals surface area contributed by atoms with Crippen LogP contribution in [0.4, 0.5) is 5.69 Å². The molecule has 39 heavy (non-hydrogen) atoms. The minimum Gasteiger partial charge on any atom is -0.508 e. The minimum absolute atomic E-state index is 0.278. The van der Waals surface area contributed by atoms with Crippen molar-refractivity contribution in [1.82, 2.24) is 4.90 Å². The van der Waals surface area contributed by atoms with Gasteiger partial charge in [-0.15, -0.1) is 0 Å². The summed E-state index contributed by atoms with van der Waals surface area (Å²) >= 11 is 0. The second-order valence-corrected chi connectivity index (χ2v) is 10.9. The molecule has 1 aliphatic carbocycles. The Bertz CT molecular complexity index is 1260. The van der Waals surface area contributed by atoms with Gasteiger partial charge in [0.25, 0.3) is 0 Å². The van der Waals surface area contributed by atoms with Gasteiger partial charge in [0.15, 0.2) is 0 Å². The highest BCUT2D eigenvalue weighted by atomic mass is 16.5. The molecule has 3 aromatic carbocycles. The van der Waals surface area contributed by atoms with Crippen LogP contribution in [0.25, 0.3) is 11.6 Å². The number of ether oxygens (including phenoxy) is 1. The zero-order valence-corrected chi connectivity index (χ0v) is 23.2. The van der Waals surface area contributed by atoms with Crippen LogP contribution in [0.3, 0.4) is 0 Å². The zero-order valence-electron chi connectivity index (χ0n) is 23.2. The normalized spacial score (nSPS) is 16.1. The molecule has 1 aliphatic heterocycles. The molecule has 2 N–H and O–H groups in total. The third kappa shape index (κ3) is 7.15. The first kappa shape index (κ1) is 27.1. The molecule has 5 heteroatoms. The van der Waals surface area contributed by atoms with Gasteiger partial charge in [-0.1, -0.05) is 37.1 Å². The van der Waals surface area contributed by atoms with Crippen molar-refractivity contribution in [3.63, 3.8) is 0 Å². The molecule has 0 spiro atoms. The van der Waals surface area contributed by atoms with Crippen LogP contribution in [0.1, 0.15) is 67.7 Å². The number of benzene rings is 3. The molecule has 1 heterocycles. The number of anilines is 1. The number of aromatic hydroxyl groups is 2. The summed E-state index contributed by atoms with van der Waals surface area (Å²) < 4.78 is 6.07. The molecule has 206 valence electrons. The number of aryl methyl sites for hydroxylation is 1. The highest BCUT2D eigenvalue weighted by Crippen LogP contribution is 2.37. The number of phenols is 2.